The highest BCUT2D eigenvalue weighted by Crippen LogP contribution is 2.05. The van der Waals surface area contributed by atoms with Gasteiger partial charge in [0, 0.05) is 12.6 Å². The number of hydrogen-bond donors (Lipinski definition) is 1. The Hall–Kier alpha value is -0.860. The van der Waals surface area contributed by atoms with Gasteiger partial charge in [0.2, 0.25) is 0 Å². The Morgan fingerprint density at radius 2 is 1.81 bits per heavy atom. The predicted molar refractivity (Wildman–Crippen MR) is 68.6 cm³/mol. The van der Waals surface area contributed by atoms with E-state index in [2.05, 4.69) is 49.1 Å². The van der Waals surface area contributed by atoms with Crippen LogP contribution in [0.5, 0.6) is 0 Å². The molecule has 0 saturated carbocycles. The van der Waals surface area contributed by atoms with Crippen LogP contribution in [0.1, 0.15) is 25.8 Å². The summed E-state index contributed by atoms with van der Waals surface area (Å²) in [6.45, 7) is 6.46. The van der Waals surface area contributed by atoms with Crippen molar-refractivity contribution < 1.29 is 5.11 Å². The number of nitrogens with zero attached hydrogens (tertiary/aromatic N) is 1. The second-order valence-corrected chi connectivity index (χ2v) is 4.44. The van der Waals surface area contributed by atoms with Gasteiger partial charge in [0.25, 0.3) is 0 Å². The van der Waals surface area contributed by atoms with Crippen LogP contribution in [0.2, 0.25) is 0 Å². The quantitative estimate of drug-likeness (QED) is 0.764. The van der Waals surface area contributed by atoms with Crippen molar-refractivity contribution in [2.24, 2.45) is 0 Å². The third-order valence-corrected chi connectivity index (χ3v) is 2.87. The fourth-order valence-corrected chi connectivity index (χ4v) is 1.89. The molecule has 2 nitrogen and oxygen atoms in total. The van der Waals surface area contributed by atoms with Crippen molar-refractivity contribution in [3.8, 4) is 0 Å². The molecule has 1 N–H and O–H groups in total. The minimum absolute atomic E-state index is 0.253. The third-order valence-electron chi connectivity index (χ3n) is 2.87. The Morgan fingerprint density at radius 1 is 1.12 bits per heavy atom. The Balaban J connectivity index is 2.28. The van der Waals surface area contributed by atoms with Crippen LogP contribution in [0.25, 0.3) is 0 Å². The van der Waals surface area contributed by atoms with Gasteiger partial charge in [-0.2, -0.15) is 0 Å². The van der Waals surface area contributed by atoms with Gasteiger partial charge in [0.15, 0.2) is 0 Å². The number of aliphatic hydroxyl groups is 1. The highest BCUT2D eigenvalue weighted by atomic mass is 16.3. The number of aryl methyl sites for hydroxylation is 1. The molecule has 0 saturated heterocycles. The van der Waals surface area contributed by atoms with Gasteiger partial charge in [-0.25, -0.2) is 0 Å². The lowest BCUT2D eigenvalue weighted by Gasteiger charge is -2.25. The van der Waals surface area contributed by atoms with Gasteiger partial charge >= 0.3 is 0 Å². The van der Waals surface area contributed by atoms with E-state index >= 15 is 0 Å². The third kappa shape index (κ3) is 4.77. The maximum atomic E-state index is 8.96. The maximum Gasteiger partial charge on any atom is 0.0558 e. The lowest BCUT2D eigenvalue weighted by atomic mass is 10.1. The van der Waals surface area contributed by atoms with Gasteiger partial charge in [-0.3, -0.25) is 4.90 Å². The minimum atomic E-state index is 0.253. The molecule has 0 atom stereocenters. The fraction of sp³-hybridized carbons (Fsp3) is 0.571. The van der Waals surface area contributed by atoms with Crippen molar-refractivity contribution >= 4 is 0 Å². The highest BCUT2D eigenvalue weighted by Gasteiger charge is 2.07. The smallest absolute Gasteiger partial charge is 0.0558 e. The van der Waals surface area contributed by atoms with Crippen molar-refractivity contribution in [3.05, 3.63) is 35.9 Å². The summed E-state index contributed by atoms with van der Waals surface area (Å²) >= 11 is 0. The predicted octanol–water partition coefficient (Wildman–Crippen LogP) is 2.32. The maximum absolute atomic E-state index is 8.96. The van der Waals surface area contributed by atoms with Crippen LogP contribution < -0.4 is 0 Å². The molecule has 0 fully saturated rings. The van der Waals surface area contributed by atoms with Crippen molar-refractivity contribution in [2.45, 2.75) is 32.7 Å². The molecule has 16 heavy (non-hydrogen) atoms. The van der Waals surface area contributed by atoms with Crippen molar-refractivity contribution in [2.75, 3.05) is 19.7 Å². The molecule has 0 aliphatic heterocycles. The summed E-state index contributed by atoms with van der Waals surface area (Å²) < 4.78 is 0. The van der Waals surface area contributed by atoms with E-state index < -0.39 is 0 Å². The Bertz CT molecular complexity index is 271. The highest BCUT2D eigenvalue weighted by molar-refractivity contribution is 5.14. The molecule has 0 aliphatic carbocycles. The summed E-state index contributed by atoms with van der Waals surface area (Å²) in [4.78, 5) is 2.32. The van der Waals surface area contributed by atoms with Crippen LogP contribution in [-0.2, 0) is 6.42 Å². The Kier molecular flexibility index (Phi) is 6.12. The molecule has 0 bridgehead atoms. The van der Waals surface area contributed by atoms with Gasteiger partial charge < -0.3 is 5.11 Å². The summed E-state index contributed by atoms with van der Waals surface area (Å²) in [7, 11) is 0. The van der Waals surface area contributed by atoms with Gasteiger partial charge in [0.05, 0.1) is 6.61 Å². The first-order valence-electron chi connectivity index (χ1n) is 6.13. The standard InChI is InChI=1S/C14H23NO/c1-13(2)15(11-12-16)10-6-9-14-7-4-3-5-8-14/h3-5,7-8,13,16H,6,9-12H2,1-2H3. The summed E-state index contributed by atoms with van der Waals surface area (Å²) in [6.07, 6.45) is 2.28. The van der Waals surface area contributed by atoms with Crippen molar-refractivity contribution in [1.82, 2.24) is 4.90 Å². The molecular formula is C14H23NO. The number of rotatable bonds is 7. The van der Waals surface area contributed by atoms with E-state index in [0.29, 0.717) is 6.04 Å². The lowest BCUT2D eigenvalue weighted by Crippen LogP contribution is -2.34. The number of aliphatic hydroxyl groups excluding tert-OH is 1. The van der Waals surface area contributed by atoms with Crippen LogP contribution >= 0.6 is 0 Å². The summed E-state index contributed by atoms with van der Waals surface area (Å²) in [5.41, 5.74) is 1.40. The average molecular weight is 221 g/mol. The van der Waals surface area contributed by atoms with E-state index in [1.165, 1.54) is 5.56 Å². The number of benzene rings is 1. The molecule has 0 aliphatic rings. The molecule has 1 aromatic rings. The van der Waals surface area contributed by atoms with Crippen LogP contribution in [-0.4, -0.2) is 35.7 Å². The van der Waals surface area contributed by atoms with Crippen LogP contribution in [0.15, 0.2) is 30.3 Å². The Labute approximate surface area is 98.9 Å². The van der Waals surface area contributed by atoms with Crippen molar-refractivity contribution in [1.29, 1.82) is 0 Å². The van der Waals surface area contributed by atoms with E-state index in [4.69, 9.17) is 5.11 Å². The van der Waals surface area contributed by atoms with Gasteiger partial charge in [-0.05, 0) is 38.8 Å². The second-order valence-electron chi connectivity index (χ2n) is 4.44. The molecule has 0 radical (unpaired) electrons. The molecule has 2 heteroatoms. The molecule has 1 rings (SSSR count). The molecule has 0 amide bonds. The van der Waals surface area contributed by atoms with E-state index in [0.717, 1.165) is 25.9 Å². The molecular weight excluding hydrogens is 198 g/mol. The molecule has 1 aromatic carbocycles. The zero-order chi connectivity index (χ0) is 11.8. The molecule has 0 aromatic heterocycles. The first-order chi connectivity index (χ1) is 7.74. The molecule has 0 unspecified atom stereocenters. The van der Waals surface area contributed by atoms with Crippen LogP contribution in [0, 0.1) is 0 Å². The van der Waals surface area contributed by atoms with Gasteiger partial charge in [0.1, 0.15) is 0 Å². The largest absolute Gasteiger partial charge is 0.395 e. The summed E-state index contributed by atoms with van der Waals surface area (Å²) in [5, 5.41) is 8.96. The SMILES string of the molecule is CC(C)N(CCO)CCCc1ccccc1. The minimum Gasteiger partial charge on any atom is -0.395 e. The van der Waals surface area contributed by atoms with E-state index in [1.807, 2.05) is 0 Å². The van der Waals surface area contributed by atoms with Gasteiger partial charge in [-0.1, -0.05) is 30.3 Å². The molecule has 0 heterocycles. The van der Waals surface area contributed by atoms with E-state index in [-0.39, 0.29) is 6.61 Å². The van der Waals surface area contributed by atoms with E-state index in [9.17, 15) is 0 Å². The van der Waals surface area contributed by atoms with Crippen molar-refractivity contribution in [3.63, 3.8) is 0 Å². The topological polar surface area (TPSA) is 23.5 Å². The summed E-state index contributed by atoms with van der Waals surface area (Å²) in [5.74, 6) is 0. The zero-order valence-electron chi connectivity index (χ0n) is 10.4. The molecule has 90 valence electrons. The average Bonchev–Trinajstić information content (AvgIpc) is 2.29. The van der Waals surface area contributed by atoms with E-state index in [1.54, 1.807) is 0 Å². The number of hydrogen-bond acceptors (Lipinski definition) is 2. The second kappa shape index (κ2) is 7.42. The first kappa shape index (κ1) is 13.2. The lowest BCUT2D eigenvalue weighted by molar-refractivity contribution is 0.164. The normalized spacial score (nSPS) is 11.3. The first-order valence-corrected chi connectivity index (χ1v) is 6.13. The zero-order valence-corrected chi connectivity index (χ0v) is 10.4. The van der Waals surface area contributed by atoms with Crippen LogP contribution in [0.4, 0.5) is 0 Å². The Morgan fingerprint density at radius 3 is 2.38 bits per heavy atom. The molecule has 0 spiro atoms. The fourth-order valence-electron chi connectivity index (χ4n) is 1.89. The van der Waals surface area contributed by atoms with Gasteiger partial charge in [-0.15, -0.1) is 0 Å². The van der Waals surface area contributed by atoms with Crippen LogP contribution in [0.3, 0.4) is 0 Å². The summed E-state index contributed by atoms with van der Waals surface area (Å²) in [6, 6.07) is 11.1. The monoisotopic (exact) mass is 221 g/mol.